The van der Waals surface area contributed by atoms with E-state index in [0.29, 0.717) is 0 Å². The van der Waals surface area contributed by atoms with E-state index in [1.807, 2.05) is 24.4 Å². The summed E-state index contributed by atoms with van der Waals surface area (Å²) in [6.07, 6.45) is 4.01. The molecule has 0 aliphatic carbocycles. The fourth-order valence-corrected chi connectivity index (χ4v) is 1.63. The van der Waals surface area contributed by atoms with Crippen molar-refractivity contribution in [3.63, 3.8) is 0 Å². The highest BCUT2D eigenvalue weighted by Crippen LogP contribution is 2.21. The number of nitrogens with zero attached hydrogens (tertiary/aromatic N) is 1. The van der Waals surface area contributed by atoms with Crippen molar-refractivity contribution in [1.29, 1.82) is 5.26 Å². The molecule has 0 bridgehead atoms. The Morgan fingerprint density at radius 1 is 1.54 bits per heavy atom. The number of anilines is 1. The summed E-state index contributed by atoms with van der Waals surface area (Å²) in [5, 5.41) is 11.2. The van der Waals surface area contributed by atoms with Crippen LogP contribution < -0.4 is 5.32 Å². The van der Waals surface area contributed by atoms with E-state index in [1.165, 1.54) is 5.56 Å². The number of benzene rings is 1. The second-order valence-electron chi connectivity index (χ2n) is 2.79. The first-order valence-corrected chi connectivity index (χ1v) is 5.00. The van der Waals surface area contributed by atoms with Crippen LogP contribution in [-0.4, -0.2) is 0 Å². The van der Waals surface area contributed by atoms with Crippen LogP contribution in [0.5, 0.6) is 0 Å². The van der Waals surface area contributed by atoms with Gasteiger partial charge in [0.1, 0.15) is 0 Å². The monoisotopic (exact) mass is 238 g/mol. The fourth-order valence-electron chi connectivity index (χ4n) is 1.22. The summed E-state index contributed by atoms with van der Waals surface area (Å²) in [7, 11) is 0. The molecule has 0 saturated heterocycles. The molecule has 68 valence electrons. The van der Waals surface area contributed by atoms with Gasteiger partial charge in [0.05, 0.1) is 5.69 Å². The van der Waals surface area contributed by atoms with Gasteiger partial charge in [0, 0.05) is 4.47 Å². The maximum absolute atomic E-state index is 8.51. The smallest absolute Gasteiger partial charge is 0.181 e. The highest BCUT2D eigenvalue weighted by molar-refractivity contribution is 9.10. The van der Waals surface area contributed by atoms with Crippen molar-refractivity contribution in [2.24, 2.45) is 0 Å². The average molecular weight is 239 g/mol. The molecule has 0 fully saturated rings. The van der Waals surface area contributed by atoms with Crippen LogP contribution in [0.1, 0.15) is 18.9 Å². The molecule has 1 aromatic rings. The number of aryl methyl sites for hydroxylation is 1. The van der Waals surface area contributed by atoms with E-state index >= 15 is 0 Å². The number of rotatable bonds is 3. The Kier molecular flexibility index (Phi) is 3.78. The molecule has 2 nitrogen and oxygen atoms in total. The maximum atomic E-state index is 8.51. The van der Waals surface area contributed by atoms with Gasteiger partial charge in [-0.05, 0) is 30.2 Å². The number of halogens is 1. The first-order valence-electron chi connectivity index (χ1n) is 4.21. The van der Waals surface area contributed by atoms with Crippen molar-refractivity contribution in [3.05, 3.63) is 28.2 Å². The second-order valence-corrected chi connectivity index (χ2v) is 3.70. The van der Waals surface area contributed by atoms with Gasteiger partial charge in [0.2, 0.25) is 0 Å². The predicted molar refractivity (Wildman–Crippen MR) is 57.4 cm³/mol. The Balaban J connectivity index is 2.97. The lowest BCUT2D eigenvalue weighted by atomic mass is 10.1. The Hall–Kier alpha value is -1.01. The molecule has 0 spiro atoms. The third-order valence-corrected chi connectivity index (χ3v) is 2.27. The normalized spacial score (nSPS) is 9.31. The highest BCUT2D eigenvalue weighted by Gasteiger charge is 2.01. The summed E-state index contributed by atoms with van der Waals surface area (Å²) < 4.78 is 1.06. The van der Waals surface area contributed by atoms with Gasteiger partial charge in [-0.2, -0.15) is 5.26 Å². The van der Waals surface area contributed by atoms with Crippen molar-refractivity contribution in [2.45, 2.75) is 19.8 Å². The molecule has 3 heteroatoms. The summed E-state index contributed by atoms with van der Waals surface area (Å²) in [5.41, 5.74) is 2.09. The predicted octanol–water partition coefficient (Wildman–Crippen LogP) is 3.29. The minimum atomic E-state index is 0.910. The SMILES string of the molecule is CCCc1cc(Br)ccc1NC#N. The number of hydrogen-bond donors (Lipinski definition) is 1. The van der Waals surface area contributed by atoms with Gasteiger partial charge in [0.15, 0.2) is 6.19 Å². The van der Waals surface area contributed by atoms with E-state index in [-0.39, 0.29) is 0 Å². The first-order chi connectivity index (χ1) is 6.27. The standard InChI is InChI=1S/C10H11BrN2/c1-2-3-8-6-9(11)4-5-10(8)13-7-12/h4-6,13H,2-3H2,1H3. The van der Waals surface area contributed by atoms with Gasteiger partial charge in [-0.15, -0.1) is 0 Å². The molecule has 1 N–H and O–H groups in total. The number of nitrogens with one attached hydrogen (secondary N) is 1. The van der Waals surface area contributed by atoms with Gasteiger partial charge in [-0.25, -0.2) is 0 Å². The Labute approximate surface area is 86.7 Å². The van der Waals surface area contributed by atoms with Gasteiger partial charge in [-0.3, -0.25) is 5.32 Å². The van der Waals surface area contributed by atoms with E-state index in [2.05, 4.69) is 28.2 Å². The Morgan fingerprint density at radius 2 is 2.31 bits per heavy atom. The number of hydrogen-bond acceptors (Lipinski definition) is 2. The molecular weight excluding hydrogens is 228 g/mol. The summed E-state index contributed by atoms with van der Waals surface area (Å²) in [5.74, 6) is 0. The third-order valence-electron chi connectivity index (χ3n) is 1.78. The molecule has 0 saturated carbocycles. The summed E-state index contributed by atoms with van der Waals surface area (Å²) in [6.45, 7) is 2.12. The average Bonchev–Trinajstić information content (AvgIpc) is 2.10. The quantitative estimate of drug-likeness (QED) is 0.648. The molecular formula is C10H11BrN2. The van der Waals surface area contributed by atoms with E-state index in [1.54, 1.807) is 0 Å². The van der Waals surface area contributed by atoms with Gasteiger partial charge >= 0.3 is 0 Å². The van der Waals surface area contributed by atoms with Crippen LogP contribution in [0.2, 0.25) is 0 Å². The minimum Gasteiger partial charge on any atom is -0.293 e. The zero-order valence-corrected chi connectivity index (χ0v) is 9.06. The van der Waals surface area contributed by atoms with Crippen LogP contribution in [0.4, 0.5) is 5.69 Å². The van der Waals surface area contributed by atoms with Crippen molar-refractivity contribution in [1.82, 2.24) is 0 Å². The molecule has 0 aliphatic heterocycles. The molecule has 0 heterocycles. The van der Waals surface area contributed by atoms with Crippen molar-refractivity contribution in [3.8, 4) is 6.19 Å². The van der Waals surface area contributed by atoms with Crippen LogP contribution in [0.3, 0.4) is 0 Å². The molecule has 0 unspecified atom stereocenters. The second kappa shape index (κ2) is 4.88. The fraction of sp³-hybridized carbons (Fsp3) is 0.300. The molecule has 0 aliphatic rings. The molecule has 0 amide bonds. The lowest BCUT2D eigenvalue weighted by Crippen LogP contribution is -1.94. The van der Waals surface area contributed by atoms with Crippen LogP contribution in [0.25, 0.3) is 0 Å². The van der Waals surface area contributed by atoms with Crippen molar-refractivity contribution >= 4 is 21.6 Å². The van der Waals surface area contributed by atoms with Gasteiger partial charge in [0.25, 0.3) is 0 Å². The summed E-state index contributed by atoms with van der Waals surface area (Å²) in [4.78, 5) is 0. The topological polar surface area (TPSA) is 35.8 Å². The van der Waals surface area contributed by atoms with E-state index in [9.17, 15) is 0 Å². The maximum Gasteiger partial charge on any atom is 0.181 e. The molecule has 1 aromatic carbocycles. The summed E-state index contributed by atoms with van der Waals surface area (Å²) >= 11 is 3.41. The van der Waals surface area contributed by atoms with Crippen LogP contribution in [0, 0.1) is 11.5 Å². The van der Waals surface area contributed by atoms with Crippen molar-refractivity contribution in [2.75, 3.05) is 5.32 Å². The van der Waals surface area contributed by atoms with Crippen LogP contribution >= 0.6 is 15.9 Å². The molecule has 1 rings (SSSR count). The minimum absolute atomic E-state index is 0.910. The molecule has 0 aromatic heterocycles. The molecule has 0 atom stereocenters. The van der Waals surface area contributed by atoms with E-state index < -0.39 is 0 Å². The Bertz CT molecular complexity index is 328. The molecule has 0 radical (unpaired) electrons. The first kappa shape index (κ1) is 10.1. The zero-order chi connectivity index (χ0) is 9.68. The Morgan fingerprint density at radius 3 is 2.92 bits per heavy atom. The van der Waals surface area contributed by atoms with Crippen LogP contribution in [-0.2, 0) is 6.42 Å². The largest absolute Gasteiger partial charge is 0.293 e. The third kappa shape index (κ3) is 2.74. The van der Waals surface area contributed by atoms with Crippen LogP contribution in [0.15, 0.2) is 22.7 Å². The number of nitriles is 1. The molecule has 13 heavy (non-hydrogen) atoms. The van der Waals surface area contributed by atoms with Gasteiger partial charge in [-0.1, -0.05) is 29.3 Å². The highest BCUT2D eigenvalue weighted by atomic mass is 79.9. The zero-order valence-electron chi connectivity index (χ0n) is 7.47. The van der Waals surface area contributed by atoms with Gasteiger partial charge < -0.3 is 0 Å². The van der Waals surface area contributed by atoms with E-state index in [4.69, 9.17) is 5.26 Å². The summed E-state index contributed by atoms with van der Waals surface area (Å²) in [6, 6.07) is 5.89. The van der Waals surface area contributed by atoms with E-state index in [0.717, 1.165) is 23.0 Å². The lowest BCUT2D eigenvalue weighted by Gasteiger charge is -2.06. The van der Waals surface area contributed by atoms with Crippen molar-refractivity contribution < 1.29 is 0 Å². The lowest BCUT2D eigenvalue weighted by molar-refractivity contribution is 0.923.